The third-order valence-electron chi connectivity index (χ3n) is 3.72. The maximum atomic E-state index is 13.5. The van der Waals surface area contributed by atoms with Gasteiger partial charge < -0.3 is 10.5 Å². The first-order valence-electron chi connectivity index (χ1n) is 6.54. The molecule has 1 heterocycles. The number of nitrogens with zero attached hydrogens (tertiary/aromatic N) is 1. The number of methoxy groups -OCH3 is 1. The fourth-order valence-corrected chi connectivity index (χ4v) is 2.70. The van der Waals surface area contributed by atoms with Crippen molar-refractivity contribution in [1.82, 2.24) is 4.90 Å². The fraction of sp³-hybridized carbons (Fsp3) is 0.467. The van der Waals surface area contributed by atoms with Gasteiger partial charge in [0.2, 0.25) is 0 Å². The summed E-state index contributed by atoms with van der Waals surface area (Å²) in [4.78, 5) is 2.26. The molecule has 1 aliphatic rings. The third kappa shape index (κ3) is 3.21. The Morgan fingerprint density at radius 3 is 3.00 bits per heavy atom. The van der Waals surface area contributed by atoms with Crippen LogP contribution in [0.25, 0.3) is 6.08 Å². The van der Waals surface area contributed by atoms with Gasteiger partial charge in [-0.2, -0.15) is 0 Å². The molecule has 0 unspecified atom stereocenters. The van der Waals surface area contributed by atoms with E-state index in [4.69, 9.17) is 10.5 Å². The summed E-state index contributed by atoms with van der Waals surface area (Å²) in [7, 11) is 1.69. The van der Waals surface area contributed by atoms with Crippen molar-refractivity contribution >= 4 is 6.08 Å². The van der Waals surface area contributed by atoms with E-state index in [0.717, 1.165) is 30.8 Å². The zero-order valence-electron chi connectivity index (χ0n) is 11.3. The highest BCUT2D eigenvalue weighted by Gasteiger charge is 2.32. The predicted octanol–water partition coefficient (Wildman–Crippen LogP) is 1.84. The monoisotopic (exact) mass is 264 g/mol. The van der Waals surface area contributed by atoms with Crippen LogP contribution in [0.3, 0.4) is 0 Å². The predicted molar refractivity (Wildman–Crippen MR) is 75.5 cm³/mol. The first kappa shape index (κ1) is 14.2. The molecule has 0 saturated carbocycles. The van der Waals surface area contributed by atoms with Gasteiger partial charge in [-0.25, -0.2) is 4.39 Å². The minimum absolute atomic E-state index is 0.0253. The van der Waals surface area contributed by atoms with Crippen molar-refractivity contribution in [1.29, 1.82) is 0 Å². The Bertz CT molecular complexity index is 450. The molecule has 1 aromatic rings. The van der Waals surface area contributed by atoms with Crippen LogP contribution in [0.15, 0.2) is 24.8 Å². The van der Waals surface area contributed by atoms with E-state index in [0.29, 0.717) is 6.61 Å². The molecule has 0 aliphatic carbocycles. The van der Waals surface area contributed by atoms with Crippen molar-refractivity contribution in [3.8, 4) is 0 Å². The highest BCUT2D eigenvalue weighted by molar-refractivity contribution is 5.53. The summed E-state index contributed by atoms with van der Waals surface area (Å²) in [5.74, 6) is -0.0660. The molecule has 104 valence electrons. The summed E-state index contributed by atoms with van der Waals surface area (Å²) in [6.07, 6.45) is 1.76. The van der Waals surface area contributed by atoms with Crippen LogP contribution >= 0.6 is 0 Å². The van der Waals surface area contributed by atoms with Gasteiger partial charge in [-0.05, 0) is 23.3 Å². The minimum Gasteiger partial charge on any atom is -0.383 e. The summed E-state index contributed by atoms with van der Waals surface area (Å²) >= 11 is 0. The van der Waals surface area contributed by atoms with Gasteiger partial charge in [-0.1, -0.05) is 18.7 Å². The zero-order valence-corrected chi connectivity index (χ0v) is 11.3. The number of hydrogen-bond acceptors (Lipinski definition) is 3. The summed E-state index contributed by atoms with van der Waals surface area (Å²) in [5.41, 5.74) is 8.14. The molecular weight excluding hydrogens is 243 g/mol. The first-order chi connectivity index (χ1) is 9.15. The van der Waals surface area contributed by atoms with Gasteiger partial charge in [0, 0.05) is 38.7 Å². The highest BCUT2D eigenvalue weighted by atomic mass is 19.1. The van der Waals surface area contributed by atoms with Gasteiger partial charge in [0.25, 0.3) is 0 Å². The van der Waals surface area contributed by atoms with E-state index < -0.39 is 0 Å². The van der Waals surface area contributed by atoms with E-state index in [1.165, 1.54) is 6.07 Å². The van der Waals surface area contributed by atoms with Gasteiger partial charge in [0.15, 0.2) is 0 Å². The Balaban J connectivity index is 2.17. The quantitative estimate of drug-likeness (QED) is 0.882. The van der Waals surface area contributed by atoms with Crippen LogP contribution in [0.2, 0.25) is 0 Å². The number of ether oxygens (including phenoxy) is 1. The fourth-order valence-electron chi connectivity index (χ4n) is 2.70. The van der Waals surface area contributed by atoms with Crippen molar-refractivity contribution < 1.29 is 9.13 Å². The Hall–Kier alpha value is -1.23. The summed E-state index contributed by atoms with van der Waals surface area (Å²) < 4.78 is 18.5. The van der Waals surface area contributed by atoms with Gasteiger partial charge in [-0.3, -0.25) is 4.90 Å². The number of hydrogen-bond donors (Lipinski definition) is 1. The Labute approximate surface area is 113 Å². The van der Waals surface area contributed by atoms with Crippen molar-refractivity contribution in [2.75, 3.05) is 33.4 Å². The van der Waals surface area contributed by atoms with Crippen LogP contribution in [-0.4, -0.2) is 44.3 Å². The minimum atomic E-state index is -0.219. The van der Waals surface area contributed by atoms with Gasteiger partial charge in [0.1, 0.15) is 5.82 Å². The van der Waals surface area contributed by atoms with Crippen molar-refractivity contribution in [3.63, 3.8) is 0 Å². The largest absolute Gasteiger partial charge is 0.383 e. The smallest absolute Gasteiger partial charge is 0.123 e. The number of halogens is 1. The second kappa shape index (κ2) is 6.28. The van der Waals surface area contributed by atoms with Crippen molar-refractivity contribution in [3.05, 3.63) is 41.7 Å². The van der Waals surface area contributed by atoms with E-state index in [1.54, 1.807) is 25.3 Å². The molecule has 4 heteroatoms. The van der Waals surface area contributed by atoms with Gasteiger partial charge >= 0.3 is 0 Å². The zero-order chi connectivity index (χ0) is 13.8. The number of likely N-dealkylation sites (tertiary alicyclic amines) is 1. The Morgan fingerprint density at radius 1 is 1.53 bits per heavy atom. The lowest BCUT2D eigenvalue weighted by molar-refractivity contribution is 0.160. The molecule has 2 N–H and O–H groups in total. The van der Waals surface area contributed by atoms with Crippen LogP contribution in [0.4, 0.5) is 4.39 Å². The average molecular weight is 264 g/mol. The molecule has 3 nitrogen and oxygen atoms in total. The SMILES string of the molecule is C=Cc1ccc(F)cc1[C@@H]1CN(CCOC)C[C@H]1N. The lowest BCUT2D eigenvalue weighted by Gasteiger charge is -2.18. The molecule has 0 radical (unpaired) electrons. The van der Waals surface area contributed by atoms with Gasteiger partial charge in [0.05, 0.1) is 6.61 Å². The number of nitrogens with two attached hydrogens (primary N) is 1. The summed E-state index contributed by atoms with van der Waals surface area (Å²) in [5, 5.41) is 0. The number of benzene rings is 1. The maximum absolute atomic E-state index is 13.5. The summed E-state index contributed by atoms with van der Waals surface area (Å²) in [6.45, 7) is 7.00. The molecule has 0 spiro atoms. The van der Waals surface area contributed by atoms with E-state index in [1.807, 2.05) is 0 Å². The second-order valence-corrected chi connectivity index (χ2v) is 5.00. The molecule has 0 aromatic heterocycles. The lowest BCUT2D eigenvalue weighted by atomic mass is 9.90. The molecule has 1 fully saturated rings. The Morgan fingerprint density at radius 2 is 2.32 bits per heavy atom. The molecule has 0 bridgehead atoms. The van der Waals surface area contributed by atoms with Crippen molar-refractivity contribution in [2.24, 2.45) is 5.73 Å². The van der Waals surface area contributed by atoms with Crippen LogP contribution in [-0.2, 0) is 4.74 Å². The highest BCUT2D eigenvalue weighted by Crippen LogP contribution is 2.30. The van der Waals surface area contributed by atoms with Gasteiger partial charge in [-0.15, -0.1) is 0 Å². The summed E-state index contributed by atoms with van der Waals surface area (Å²) in [6, 6.07) is 4.84. The maximum Gasteiger partial charge on any atom is 0.123 e. The number of rotatable bonds is 5. The molecule has 2 rings (SSSR count). The first-order valence-corrected chi connectivity index (χ1v) is 6.54. The van der Waals surface area contributed by atoms with Crippen molar-refractivity contribution in [2.45, 2.75) is 12.0 Å². The normalized spacial score (nSPS) is 23.7. The standard InChI is InChI=1S/C15H21FN2O/c1-3-11-4-5-12(16)8-13(11)14-9-18(6-7-19-2)10-15(14)17/h3-5,8,14-15H,1,6-7,9-10,17H2,2H3/t14-,15+/m0/s1. The molecule has 0 amide bonds. The lowest BCUT2D eigenvalue weighted by Crippen LogP contribution is -2.30. The van der Waals surface area contributed by atoms with E-state index in [9.17, 15) is 4.39 Å². The van der Waals surface area contributed by atoms with Crippen LogP contribution in [0, 0.1) is 5.82 Å². The van der Waals surface area contributed by atoms with Crippen LogP contribution < -0.4 is 5.73 Å². The van der Waals surface area contributed by atoms with Crippen LogP contribution in [0.1, 0.15) is 17.0 Å². The molecule has 1 aliphatic heterocycles. The average Bonchev–Trinajstić information content (AvgIpc) is 2.77. The molecule has 19 heavy (non-hydrogen) atoms. The third-order valence-corrected chi connectivity index (χ3v) is 3.72. The van der Waals surface area contributed by atoms with E-state index in [2.05, 4.69) is 11.5 Å². The van der Waals surface area contributed by atoms with Crippen LogP contribution in [0.5, 0.6) is 0 Å². The Kier molecular flexibility index (Phi) is 4.69. The molecule has 1 aromatic carbocycles. The topological polar surface area (TPSA) is 38.5 Å². The molecular formula is C15H21FN2O. The molecule has 1 saturated heterocycles. The molecule has 2 atom stereocenters. The second-order valence-electron chi connectivity index (χ2n) is 5.00. The van der Waals surface area contributed by atoms with E-state index >= 15 is 0 Å². The van der Waals surface area contributed by atoms with E-state index in [-0.39, 0.29) is 17.8 Å².